The van der Waals surface area contributed by atoms with E-state index in [2.05, 4.69) is 0 Å². The van der Waals surface area contributed by atoms with Crippen molar-refractivity contribution in [2.45, 2.75) is 6.61 Å². The van der Waals surface area contributed by atoms with Crippen LogP contribution in [0, 0.1) is 23.3 Å². The Kier molecular flexibility index (Phi) is 5.53. The van der Waals surface area contributed by atoms with E-state index in [1.54, 1.807) is 6.07 Å². The summed E-state index contributed by atoms with van der Waals surface area (Å²) >= 11 is 0. The number of hydrogen-bond donors (Lipinski definition) is 0. The van der Waals surface area contributed by atoms with E-state index in [9.17, 15) is 17.6 Å². The molecule has 4 rings (SSSR count). The minimum Gasteiger partial charge on any atom is -0.486 e. The molecule has 0 radical (unpaired) electrons. The van der Waals surface area contributed by atoms with Crippen molar-refractivity contribution in [3.8, 4) is 28.0 Å². The third-order valence-corrected chi connectivity index (χ3v) is 4.71. The van der Waals surface area contributed by atoms with Gasteiger partial charge in [-0.2, -0.15) is 0 Å². The minimum atomic E-state index is -1.12. The molecular formula is C25H16F4O. The quantitative estimate of drug-likeness (QED) is 0.319. The fourth-order valence-corrected chi connectivity index (χ4v) is 3.16. The molecule has 0 heterocycles. The zero-order chi connectivity index (χ0) is 21.1. The number of benzene rings is 4. The number of ether oxygens (including phenoxy) is 1. The van der Waals surface area contributed by atoms with Crippen molar-refractivity contribution in [2.75, 3.05) is 0 Å². The van der Waals surface area contributed by atoms with Gasteiger partial charge in [-0.3, -0.25) is 0 Å². The summed E-state index contributed by atoms with van der Waals surface area (Å²) in [6, 6.07) is 21.3. The maximum absolute atomic E-state index is 14.6. The summed E-state index contributed by atoms with van der Waals surface area (Å²) in [6.07, 6.45) is 0. The lowest BCUT2D eigenvalue weighted by atomic mass is 9.99. The summed E-state index contributed by atoms with van der Waals surface area (Å²) in [6.45, 7) is 0.222. The molecule has 0 saturated heterocycles. The summed E-state index contributed by atoms with van der Waals surface area (Å²) in [4.78, 5) is 0. The first-order valence-electron chi connectivity index (χ1n) is 9.23. The fraction of sp³-hybridized carbons (Fsp3) is 0.0400. The standard InChI is InChI=1S/C25H16F4O/c26-21-8-4-7-20(25(21)29)19-11-9-17(13-22(19)27)18-10-12-24(23(28)14-18)30-15-16-5-2-1-3-6-16/h1-14H,15H2. The third kappa shape index (κ3) is 4.06. The second kappa shape index (κ2) is 8.41. The average Bonchev–Trinajstić information content (AvgIpc) is 2.76. The number of hydrogen-bond acceptors (Lipinski definition) is 1. The van der Waals surface area contributed by atoms with E-state index in [-0.39, 0.29) is 23.5 Å². The van der Waals surface area contributed by atoms with Crippen molar-refractivity contribution >= 4 is 0 Å². The van der Waals surface area contributed by atoms with Gasteiger partial charge in [0, 0.05) is 11.1 Å². The van der Waals surface area contributed by atoms with Crippen LogP contribution in [0.4, 0.5) is 17.6 Å². The van der Waals surface area contributed by atoms with Crippen LogP contribution in [-0.4, -0.2) is 0 Å². The Morgan fingerprint density at radius 2 is 1.27 bits per heavy atom. The highest BCUT2D eigenvalue weighted by Crippen LogP contribution is 2.32. The minimum absolute atomic E-state index is 0.0703. The van der Waals surface area contributed by atoms with Gasteiger partial charge in [0.2, 0.25) is 0 Å². The second-order valence-electron chi connectivity index (χ2n) is 6.72. The fourth-order valence-electron chi connectivity index (χ4n) is 3.16. The van der Waals surface area contributed by atoms with E-state index in [0.717, 1.165) is 11.6 Å². The molecule has 0 N–H and O–H groups in total. The molecule has 0 atom stereocenters. The van der Waals surface area contributed by atoms with Crippen LogP contribution in [0.25, 0.3) is 22.3 Å². The SMILES string of the molecule is Fc1cc(-c2ccc(-c3cccc(F)c3F)c(F)c2)ccc1OCc1ccccc1. The van der Waals surface area contributed by atoms with Gasteiger partial charge < -0.3 is 4.74 Å². The molecule has 0 saturated carbocycles. The van der Waals surface area contributed by atoms with Gasteiger partial charge in [-0.25, -0.2) is 17.6 Å². The molecule has 0 unspecified atom stereocenters. The van der Waals surface area contributed by atoms with E-state index < -0.39 is 23.3 Å². The smallest absolute Gasteiger partial charge is 0.166 e. The lowest BCUT2D eigenvalue weighted by Crippen LogP contribution is -1.97. The number of rotatable bonds is 5. The van der Waals surface area contributed by atoms with Gasteiger partial charge >= 0.3 is 0 Å². The molecular weight excluding hydrogens is 392 g/mol. The highest BCUT2D eigenvalue weighted by molar-refractivity contribution is 5.71. The molecule has 0 amide bonds. The monoisotopic (exact) mass is 408 g/mol. The Morgan fingerprint density at radius 1 is 0.567 bits per heavy atom. The van der Waals surface area contributed by atoms with Crippen molar-refractivity contribution in [3.05, 3.63) is 114 Å². The van der Waals surface area contributed by atoms with Crippen LogP contribution in [0.2, 0.25) is 0 Å². The first-order chi connectivity index (χ1) is 14.5. The highest BCUT2D eigenvalue weighted by Gasteiger charge is 2.15. The number of halogens is 4. The molecule has 0 aliphatic rings. The summed E-state index contributed by atoms with van der Waals surface area (Å²) in [5, 5.41) is 0. The lowest BCUT2D eigenvalue weighted by molar-refractivity contribution is 0.290. The largest absolute Gasteiger partial charge is 0.486 e. The molecule has 0 aliphatic carbocycles. The molecule has 150 valence electrons. The zero-order valence-corrected chi connectivity index (χ0v) is 15.7. The molecule has 5 heteroatoms. The topological polar surface area (TPSA) is 9.23 Å². The summed E-state index contributed by atoms with van der Waals surface area (Å²) in [7, 11) is 0. The van der Waals surface area contributed by atoms with Crippen LogP contribution >= 0.6 is 0 Å². The van der Waals surface area contributed by atoms with Crippen molar-refractivity contribution < 1.29 is 22.3 Å². The lowest BCUT2D eigenvalue weighted by Gasteiger charge is -2.11. The zero-order valence-electron chi connectivity index (χ0n) is 15.7. The Bertz CT molecular complexity index is 1190. The van der Waals surface area contributed by atoms with Gasteiger partial charge in [0.1, 0.15) is 12.4 Å². The summed E-state index contributed by atoms with van der Waals surface area (Å²) in [5.41, 5.74) is 1.50. The second-order valence-corrected chi connectivity index (χ2v) is 6.72. The predicted molar refractivity (Wildman–Crippen MR) is 108 cm³/mol. The van der Waals surface area contributed by atoms with Crippen LogP contribution in [0.5, 0.6) is 5.75 Å². The first-order valence-corrected chi connectivity index (χ1v) is 9.23. The maximum Gasteiger partial charge on any atom is 0.166 e. The summed E-state index contributed by atoms with van der Waals surface area (Å²) < 4.78 is 62.0. The molecule has 4 aromatic carbocycles. The van der Waals surface area contributed by atoms with Crippen molar-refractivity contribution in [2.24, 2.45) is 0 Å². The van der Waals surface area contributed by atoms with Gasteiger partial charge in [-0.05, 0) is 41.0 Å². The van der Waals surface area contributed by atoms with Crippen LogP contribution in [0.3, 0.4) is 0 Å². The van der Waals surface area contributed by atoms with E-state index in [4.69, 9.17) is 4.74 Å². The normalized spacial score (nSPS) is 10.8. The van der Waals surface area contributed by atoms with Gasteiger partial charge in [-0.1, -0.05) is 60.7 Å². The van der Waals surface area contributed by atoms with Crippen LogP contribution in [0.1, 0.15) is 5.56 Å². The highest BCUT2D eigenvalue weighted by atomic mass is 19.2. The molecule has 30 heavy (non-hydrogen) atoms. The first kappa shape index (κ1) is 19.7. The Morgan fingerprint density at radius 3 is 1.97 bits per heavy atom. The molecule has 0 fully saturated rings. The van der Waals surface area contributed by atoms with Gasteiger partial charge in [0.05, 0.1) is 0 Å². The summed E-state index contributed by atoms with van der Waals surface area (Å²) in [5.74, 6) is -3.40. The van der Waals surface area contributed by atoms with E-state index in [0.29, 0.717) is 11.1 Å². The van der Waals surface area contributed by atoms with E-state index in [1.807, 2.05) is 30.3 Å². The Labute approximate surface area is 171 Å². The third-order valence-electron chi connectivity index (χ3n) is 4.71. The average molecular weight is 408 g/mol. The van der Waals surface area contributed by atoms with E-state index in [1.165, 1.54) is 42.5 Å². The molecule has 0 bridgehead atoms. The Balaban J connectivity index is 1.57. The molecule has 1 nitrogen and oxygen atoms in total. The van der Waals surface area contributed by atoms with E-state index >= 15 is 0 Å². The maximum atomic E-state index is 14.6. The van der Waals surface area contributed by atoms with Crippen LogP contribution in [0.15, 0.2) is 84.9 Å². The van der Waals surface area contributed by atoms with Gasteiger partial charge in [0.25, 0.3) is 0 Å². The van der Waals surface area contributed by atoms with Crippen LogP contribution < -0.4 is 4.74 Å². The molecule has 0 spiro atoms. The van der Waals surface area contributed by atoms with Gasteiger partial charge in [0.15, 0.2) is 23.2 Å². The van der Waals surface area contributed by atoms with Crippen molar-refractivity contribution in [1.29, 1.82) is 0 Å². The molecule has 0 aliphatic heterocycles. The van der Waals surface area contributed by atoms with Crippen LogP contribution in [-0.2, 0) is 6.61 Å². The molecule has 0 aromatic heterocycles. The Hall–Kier alpha value is -3.60. The predicted octanol–water partition coefficient (Wildman–Crippen LogP) is 7.16. The molecule has 4 aromatic rings. The van der Waals surface area contributed by atoms with Gasteiger partial charge in [-0.15, -0.1) is 0 Å². The van der Waals surface area contributed by atoms with Crippen molar-refractivity contribution in [1.82, 2.24) is 0 Å². The van der Waals surface area contributed by atoms with Crippen molar-refractivity contribution in [3.63, 3.8) is 0 Å².